The van der Waals surface area contributed by atoms with Gasteiger partial charge in [0.15, 0.2) is 0 Å². The number of nitrogens with one attached hydrogen (secondary N) is 1. The molecule has 8 heteroatoms. The SMILES string of the molecule is CC(C)(CC(N)=O)NS(=O)(=O)CCSc1ccccc1N. The molecule has 0 heterocycles. The van der Waals surface area contributed by atoms with E-state index in [4.69, 9.17) is 11.5 Å². The summed E-state index contributed by atoms with van der Waals surface area (Å²) in [5, 5.41) is 0. The second kappa shape index (κ2) is 7.15. The fraction of sp³-hybridized carbons (Fsp3) is 0.462. The fourth-order valence-corrected chi connectivity index (χ4v) is 4.67. The maximum absolute atomic E-state index is 12.0. The number of rotatable bonds is 8. The van der Waals surface area contributed by atoms with E-state index >= 15 is 0 Å². The van der Waals surface area contributed by atoms with Gasteiger partial charge in [0, 0.05) is 28.3 Å². The third-order valence-electron chi connectivity index (χ3n) is 2.58. The maximum atomic E-state index is 12.0. The van der Waals surface area contributed by atoms with E-state index < -0.39 is 21.5 Å². The Balaban J connectivity index is 2.54. The molecule has 0 fully saturated rings. The topological polar surface area (TPSA) is 115 Å². The molecule has 1 aromatic carbocycles. The Kier molecular flexibility index (Phi) is 6.06. The number of carbonyl (C=O) groups excluding carboxylic acids is 1. The number of thioether (sulfide) groups is 1. The van der Waals surface area contributed by atoms with Gasteiger partial charge in [-0.05, 0) is 26.0 Å². The molecule has 1 amide bonds. The zero-order chi connectivity index (χ0) is 16.1. The summed E-state index contributed by atoms with van der Waals surface area (Å²) in [7, 11) is -3.49. The van der Waals surface area contributed by atoms with Crippen molar-refractivity contribution < 1.29 is 13.2 Å². The van der Waals surface area contributed by atoms with Gasteiger partial charge in [0.25, 0.3) is 0 Å². The highest BCUT2D eigenvalue weighted by atomic mass is 32.2. The molecule has 0 unspecified atom stereocenters. The average molecular weight is 331 g/mol. The molecule has 0 aliphatic carbocycles. The van der Waals surface area contributed by atoms with Crippen LogP contribution in [0.2, 0.25) is 0 Å². The minimum absolute atomic E-state index is 0.0506. The van der Waals surface area contributed by atoms with Crippen molar-refractivity contribution in [3.63, 3.8) is 0 Å². The minimum Gasteiger partial charge on any atom is -0.398 e. The number of nitrogens with two attached hydrogens (primary N) is 2. The smallest absolute Gasteiger partial charge is 0.219 e. The lowest BCUT2D eigenvalue weighted by atomic mass is 10.0. The zero-order valence-corrected chi connectivity index (χ0v) is 13.8. The van der Waals surface area contributed by atoms with Crippen molar-refractivity contribution in [1.82, 2.24) is 4.72 Å². The van der Waals surface area contributed by atoms with Gasteiger partial charge >= 0.3 is 0 Å². The predicted molar refractivity (Wildman–Crippen MR) is 86.4 cm³/mol. The second-order valence-corrected chi connectivity index (χ2v) is 8.31. The van der Waals surface area contributed by atoms with E-state index in [-0.39, 0.29) is 12.2 Å². The number of primary amides is 1. The molecule has 118 valence electrons. The molecule has 0 radical (unpaired) electrons. The molecule has 0 atom stereocenters. The Morgan fingerprint density at radius 3 is 2.52 bits per heavy atom. The lowest BCUT2D eigenvalue weighted by Crippen LogP contribution is -2.47. The van der Waals surface area contributed by atoms with Crippen LogP contribution in [0, 0.1) is 0 Å². The fourth-order valence-electron chi connectivity index (χ4n) is 1.82. The van der Waals surface area contributed by atoms with Gasteiger partial charge in [-0.3, -0.25) is 4.79 Å². The van der Waals surface area contributed by atoms with Crippen LogP contribution in [0.5, 0.6) is 0 Å². The van der Waals surface area contributed by atoms with Crippen molar-refractivity contribution in [1.29, 1.82) is 0 Å². The molecule has 5 N–H and O–H groups in total. The molecular weight excluding hydrogens is 310 g/mol. The van der Waals surface area contributed by atoms with Crippen molar-refractivity contribution in [2.45, 2.75) is 30.7 Å². The molecule has 6 nitrogen and oxygen atoms in total. The lowest BCUT2D eigenvalue weighted by Gasteiger charge is -2.24. The van der Waals surface area contributed by atoms with Gasteiger partial charge in [0.1, 0.15) is 0 Å². The number of benzene rings is 1. The first kappa shape index (κ1) is 17.8. The summed E-state index contributed by atoms with van der Waals surface area (Å²) >= 11 is 1.38. The summed E-state index contributed by atoms with van der Waals surface area (Å²) in [5.41, 5.74) is 10.6. The molecular formula is C13H21N3O3S2. The van der Waals surface area contributed by atoms with Crippen LogP contribution in [-0.4, -0.2) is 31.4 Å². The first-order valence-corrected chi connectivity index (χ1v) is 9.02. The number of sulfonamides is 1. The molecule has 0 saturated carbocycles. The van der Waals surface area contributed by atoms with Crippen molar-refractivity contribution >= 4 is 33.4 Å². The van der Waals surface area contributed by atoms with Gasteiger partial charge in [-0.25, -0.2) is 13.1 Å². The van der Waals surface area contributed by atoms with Crippen LogP contribution in [0.15, 0.2) is 29.2 Å². The molecule has 0 saturated heterocycles. The van der Waals surface area contributed by atoms with Crippen LogP contribution in [0.3, 0.4) is 0 Å². The summed E-state index contributed by atoms with van der Waals surface area (Å²) in [6.45, 7) is 3.25. The largest absolute Gasteiger partial charge is 0.398 e. The number of carbonyl (C=O) groups is 1. The molecule has 21 heavy (non-hydrogen) atoms. The molecule has 1 aromatic rings. The second-order valence-electron chi connectivity index (χ2n) is 5.33. The Morgan fingerprint density at radius 2 is 1.95 bits per heavy atom. The van der Waals surface area contributed by atoms with Gasteiger partial charge in [-0.2, -0.15) is 0 Å². The Morgan fingerprint density at radius 1 is 1.33 bits per heavy atom. The number of anilines is 1. The summed E-state index contributed by atoms with van der Waals surface area (Å²) in [4.78, 5) is 11.8. The van der Waals surface area contributed by atoms with E-state index in [1.807, 2.05) is 18.2 Å². The van der Waals surface area contributed by atoms with Gasteiger partial charge < -0.3 is 11.5 Å². The van der Waals surface area contributed by atoms with E-state index in [2.05, 4.69) is 4.72 Å². The van der Waals surface area contributed by atoms with Crippen LogP contribution < -0.4 is 16.2 Å². The van der Waals surface area contributed by atoms with Crippen LogP contribution in [0.4, 0.5) is 5.69 Å². The van der Waals surface area contributed by atoms with Crippen molar-refractivity contribution in [3.8, 4) is 0 Å². The number of para-hydroxylation sites is 1. The molecule has 1 rings (SSSR count). The summed E-state index contributed by atoms with van der Waals surface area (Å²) in [6.07, 6.45) is -0.0506. The number of hydrogen-bond donors (Lipinski definition) is 3. The summed E-state index contributed by atoms with van der Waals surface area (Å²) in [5.74, 6) is -0.237. The Labute approximate surface area is 129 Å². The standard InChI is InChI=1S/C13H21N3O3S2/c1-13(2,9-12(15)17)16-21(18,19)8-7-20-11-6-4-3-5-10(11)14/h3-6,16H,7-9,14H2,1-2H3,(H2,15,17). The van der Waals surface area contributed by atoms with E-state index in [9.17, 15) is 13.2 Å². The van der Waals surface area contributed by atoms with E-state index in [1.165, 1.54) is 11.8 Å². The minimum atomic E-state index is -3.49. The predicted octanol–water partition coefficient (Wildman–Crippen LogP) is 0.934. The van der Waals surface area contributed by atoms with Gasteiger partial charge in [0.05, 0.1) is 5.75 Å². The van der Waals surface area contributed by atoms with Gasteiger partial charge in [-0.1, -0.05) is 12.1 Å². The molecule has 0 bridgehead atoms. The molecule has 0 aromatic heterocycles. The van der Waals surface area contributed by atoms with Crippen molar-refractivity contribution in [2.75, 3.05) is 17.2 Å². The van der Waals surface area contributed by atoms with Gasteiger partial charge in [0.2, 0.25) is 15.9 Å². The third kappa shape index (κ3) is 6.83. The molecule has 0 spiro atoms. The molecule has 0 aliphatic rings. The van der Waals surface area contributed by atoms with Crippen LogP contribution in [0.1, 0.15) is 20.3 Å². The lowest BCUT2D eigenvalue weighted by molar-refractivity contribution is -0.119. The normalized spacial score (nSPS) is 12.3. The highest BCUT2D eigenvalue weighted by molar-refractivity contribution is 8.00. The Bertz CT molecular complexity index is 600. The van der Waals surface area contributed by atoms with Crippen LogP contribution >= 0.6 is 11.8 Å². The van der Waals surface area contributed by atoms with E-state index in [1.54, 1.807) is 19.9 Å². The highest BCUT2D eigenvalue weighted by Crippen LogP contribution is 2.24. The van der Waals surface area contributed by atoms with E-state index in [0.29, 0.717) is 11.4 Å². The molecule has 0 aliphatic heterocycles. The van der Waals surface area contributed by atoms with Crippen molar-refractivity contribution in [2.24, 2.45) is 5.73 Å². The highest BCUT2D eigenvalue weighted by Gasteiger charge is 2.26. The van der Waals surface area contributed by atoms with Crippen LogP contribution in [-0.2, 0) is 14.8 Å². The first-order valence-electron chi connectivity index (χ1n) is 6.38. The number of hydrogen-bond acceptors (Lipinski definition) is 5. The quantitative estimate of drug-likeness (QED) is 0.484. The maximum Gasteiger partial charge on any atom is 0.219 e. The van der Waals surface area contributed by atoms with Crippen LogP contribution in [0.25, 0.3) is 0 Å². The third-order valence-corrected chi connectivity index (χ3v) is 5.53. The zero-order valence-electron chi connectivity index (χ0n) is 12.1. The number of nitrogen functional groups attached to an aromatic ring is 1. The first-order chi connectivity index (χ1) is 9.61. The average Bonchev–Trinajstić information content (AvgIpc) is 2.27. The summed E-state index contributed by atoms with van der Waals surface area (Å²) in [6, 6.07) is 7.29. The monoisotopic (exact) mass is 331 g/mol. The Hall–Kier alpha value is -1.25. The van der Waals surface area contributed by atoms with E-state index in [0.717, 1.165) is 4.90 Å². The summed E-state index contributed by atoms with van der Waals surface area (Å²) < 4.78 is 26.5. The van der Waals surface area contributed by atoms with Gasteiger partial charge in [-0.15, -0.1) is 11.8 Å². The van der Waals surface area contributed by atoms with Crippen molar-refractivity contribution in [3.05, 3.63) is 24.3 Å². The number of amides is 1.